The zero-order valence-corrected chi connectivity index (χ0v) is 14.7. The first-order chi connectivity index (χ1) is 12.6. The van der Waals surface area contributed by atoms with Crippen LogP contribution in [0.15, 0.2) is 78.9 Å². The van der Waals surface area contributed by atoms with E-state index in [1.54, 1.807) is 19.2 Å². The lowest BCUT2D eigenvalue weighted by molar-refractivity contribution is -0.682. The van der Waals surface area contributed by atoms with Crippen molar-refractivity contribution in [1.29, 1.82) is 0 Å². The number of rotatable bonds is 7. The lowest BCUT2D eigenvalue weighted by atomic mass is 9.86. The van der Waals surface area contributed by atoms with Crippen molar-refractivity contribution >= 4 is 0 Å². The Hall–Kier alpha value is -2.69. The maximum Gasteiger partial charge on any atom is 0.163 e. The third-order valence-electron chi connectivity index (χ3n) is 4.57. The van der Waals surface area contributed by atoms with Gasteiger partial charge in [-0.3, -0.25) is 0 Å². The molecular formula is C22H23FNO2+. The fourth-order valence-corrected chi connectivity index (χ4v) is 3.15. The van der Waals surface area contributed by atoms with Crippen molar-refractivity contribution in [2.24, 2.45) is 0 Å². The molecule has 4 heteroatoms. The molecule has 0 radical (unpaired) electrons. The molecule has 0 spiro atoms. The molecule has 3 nitrogen and oxygen atoms in total. The summed E-state index contributed by atoms with van der Waals surface area (Å²) in [6.45, 7) is 1.07. The van der Waals surface area contributed by atoms with Crippen LogP contribution >= 0.6 is 0 Å². The van der Waals surface area contributed by atoms with E-state index in [-0.39, 0.29) is 5.82 Å². The number of quaternary nitrogens is 1. The summed E-state index contributed by atoms with van der Waals surface area (Å²) in [6, 6.07) is 23.3. The topological polar surface area (TPSA) is 46.1 Å². The number of methoxy groups -OCH3 is 1. The van der Waals surface area contributed by atoms with Crippen LogP contribution in [-0.2, 0) is 12.1 Å². The molecule has 3 aromatic rings. The number of aliphatic hydroxyl groups is 1. The molecule has 26 heavy (non-hydrogen) atoms. The molecule has 3 rings (SSSR count). The average molecular weight is 352 g/mol. The Morgan fingerprint density at radius 1 is 0.885 bits per heavy atom. The molecule has 0 fully saturated rings. The highest BCUT2D eigenvalue weighted by atomic mass is 19.1. The van der Waals surface area contributed by atoms with E-state index in [9.17, 15) is 9.50 Å². The third-order valence-corrected chi connectivity index (χ3v) is 4.57. The van der Waals surface area contributed by atoms with Gasteiger partial charge in [0.2, 0.25) is 0 Å². The summed E-state index contributed by atoms with van der Waals surface area (Å²) in [5.74, 6) is 0.510. The molecule has 1 atom stereocenters. The number of hydrogen-bond acceptors (Lipinski definition) is 2. The smallest absolute Gasteiger partial charge is 0.163 e. The van der Waals surface area contributed by atoms with Gasteiger partial charge in [-0.1, -0.05) is 54.6 Å². The van der Waals surface area contributed by atoms with Crippen LogP contribution in [0.4, 0.5) is 4.39 Å². The Morgan fingerprint density at radius 3 is 2.19 bits per heavy atom. The second kappa shape index (κ2) is 8.13. The van der Waals surface area contributed by atoms with E-state index < -0.39 is 5.60 Å². The van der Waals surface area contributed by atoms with Crippen LogP contribution in [0.2, 0.25) is 0 Å². The number of halogens is 1. The highest BCUT2D eigenvalue weighted by molar-refractivity contribution is 5.36. The maximum atomic E-state index is 13.3. The molecule has 0 unspecified atom stereocenters. The molecule has 134 valence electrons. The van der Waals surface area contributed by atoms with Gasteiger partial charge in [-0.2, -0.15) is 0 Å². The third kappa shape index (κ3) is 3.93. The highest BCUT2D eigenvalue weighted by Crippen LogP contribution is 2.28. The molecule has 0 saturated heterocycles. The Morgan fingerprint density at radius 2 is 1.50 bits per heavy atom. The Kier molecular flexibility index (Phi) is 5.66. The Balaban J connectivity index is 1.84. The molecule has 0 aliphatic carbocycles. The summed E-state index contributed by atoms with van der Waals surface area (Å²) >= 11 is 0. The fourth-order valence-electron chi connectivity index (χ4n) is 3.15. The van der Waals surface area contributed by atoms with Crippen molar-refractivity contribution in [2.75, 3.05) is 13.7 Å². The van der Waals surface area contributed by atoms with Crippen LogP contribution in [0.5, 0.6) is 5.75 Å². The lowest BCUT2D eigenvalue weighted by Gasteiger charge is -2.28. The largest absolute Gasteiger partial charge is 0.496 e. The molecule has 0 aromatic heterocycles. The first kappa shape index (κ1) is 18.1. The van der Waals surface area contributed by atoms with Crippen LogP contribution in [0.25, 0.3) is 0 Å². The maximum absolute atomic E-state index is 13.3. The van der Waals surface area contributed by atoms with E-state index in [4.69, 9.17) is 4.74 Å². The van der Waals surface area contributed by atoms with Gasteiger partial charge in [0.05, 0.1) is 7.11 Å². The molecule has 3 aromatic carbocycles. The van der Waals surface area contributed by atoms with E-state index in [2.05, 4.69) is 0 Å². The zero-order chi connectivity index (χ0) is 18.4. The Labute approximate surface area is 153 Å². The standard InChI is InChI=1S/C22H22FNO2/c1-26-21-10-6-5-7-17(21)15-24-16-22(25,18-8-3-2-4-9-18)19-11-13-20(23)14-12-19/h2-14,24-25H,15-16H2,1H3/p+1/t22-/m0/s1. The molecule has 0 aliphatic rings. The number of para-hydroxylation sites is 1. The van der Waals surface area contributed by atoms with E-state index >= 15 is 0 Å². The summed E-state index contributed by atoms with van der Waals surface area (Å²) in [6.07, 6.45) is 0. The number of benzene rings is 3. The molecule has 0 heterocycles. The Bertz CT molecular complexity index is 836. The summed E-state index contributed by atoms with van der Waals surface area (Å²) < 4.78 is 18.7. The summed E-state index contributed by atoms with van der Waals surface area (Å²) in [4.78, 5) is 0. The van der Waals surface area contributed by atoms with Crippen LogP contribution in [-0.4, -0.2) is 18.8 Å². The van der Waals surface area contributed by atoms with Crippen molar-refractivity contribution in [3.8, 4) is 5.75 Å². The molecule has 3 N–H and O–H groups in total. The molecule has 0 amide bonds. The van der Waals surface area contributed by atoms with Gasteiger partial charge in [-0.25, -0.2) is 4.39 Å². The zero-order valence-electron chi connectivity index (χ0n) is 14.7. The minimum atomic E-state index is -1.21. The normalized spacial score (nSPS) is 13.2. The SMILES string of the molecule is COc1ccccc1C[NH2+]C[C@](O)(c1ccccc1)c1ccc(F)cc1. The first-order valence-corrected chi connectivity index (χ1v) is 8.61. The minimum Gasteiger partial charge on any atom is -0.496 e. The van der Waals surface area contributed by atoms with Crippen LogP contribution in [0.1, 0.15) is 16.7 Å². The van der Waals surface area contributed by atoms with Crippen molar-refractivity contribution in [3.05, 3.63) is 101 Å². The monoisotopic (exact) mass is 352 g/mol. The van der Waals surface area contributed by atoms with Crippen LogP contribution in [0, 0.1) is 5.82 Å². The number of nitrogens with two attached hydrogens (primary N) is 1. The van der Waals surface area contributed by atoms with Gasteiger partial charge in [-0.05, 0) is 35.4 Å². The quantitative estimate of drug-likeness (QED) is 0.687. The minimum absolute atomic E-state index is 0.317. The van der Waals surface area contributed by atoms with Gasteiger partial charge >= 0.3 is 0 Å². The lowest BCUT2D eigenvalue weighted by Crippen LogP contribution is -2.86. The van der Waals surface area contributed by atoms with Gasteiger partial charge < -0.3 is 15.2 Å². The van der Waals surface area contributed by atoms with Gasteiger partial charge in [0.1, 0.15) is 24.7 Å². The van der Waals surface area contributed by atoms with Gasteiger partial charge in [0, 0.05) is 5.56 Å². The average Bonchev–Trinajstić information content (AvgIpc) is 2.69. The fraction of sp³-hybridized carbons (Fsp3) is 0.182. The summed E-state index contributed by atoms with van der Waals surface area (Å²) in [5.41, 5.74) is 1.30. The highest BCUT2D eigenvalue weighted by Gasteiger charge is 2.33. The second-order valence-corrected chi connectivity index (χ2v) is 6.24. The van der Waals surface area contributed by atoms with Crippen LogP contribution < -0.4 is 10.1 Å². The van der Waals surface area contributed by atoms with E-state index in [1.807, 2.05) is 59.9 Å². The van der Waals surface area contributed by atoms with E-state index in [1.165, 1.54) is 12.1 Å². The van der Waals surface area contributed by atoms with Gasteiger partial charge in [0.25, 0.3) is 0 Å². The number of ether oxygens (including phenoxy) is 1. The first-order valence-electron chi connectivity index (χ1n) is 8.61. The van der Waals surface area contributed by atoms with E-state index in [0.29, 0.717) is 18.7 Å². The van der Waals surface area contributed by atoms with Gasteiger partial charge in [-0.15, -0.1) is 0 Å². The predicted molar refractivity (Wildman–Crippen MR) is 99.3 cm³/mol. The van der Waals surface area contributed by atoms with Crippen molar-refractivity contribution in [3.63, 3.8) is 0 Å². The summed E-state index contributed by atoms with van der Waals surface area (Å²) in [5, 5.41) is 13.5. The van der Waals surface area contributed by atoms with Crippen molar-refractivity contribution in [1.82, 2.24) is 0 Å². The number of hydrogen-bond donors (Lipinski definition) is 2. The molecule has 0 bridgehead atoms. The van der Waals surface area contributed by atoms with E-state index in [0.717, 1.165) is 16.9 Å². The van der Waals surface area contributed by atoms with Crippen molar-refractivity contribution in [2.45, 2.75) is 12.1 Å². The van der Waals surface area contributed by atoms with Crippen LogP contribution in [0.3, 0.4) is 0 Å². The summed E-state index contributed by atoms with van der Waals surface area (Å²) in [7, 11) is 1.65. The molecule has 0 saturated carbocycles. The molecule has 0 aliphatic heterocycles. The molecular weight excluding hydrogens is 329 g/mol. The van der Waals surface area contributed by atoms with Crippen molar-refractivity contribution < 1.29 is 19.6 Å². The second-order valence-electron chi connectivity index (χ2n) is 6.24. The van der Waals surface area contributed by atoms with Gasteiger partial charge in [0.15, 0.2) is 5.60 Å². The predicted octanol–water partition coefficient (Wildman–Crippen LogP) is 2.83.